The fourth-order valence-electron chi connectivity index (χ4n) is 1.82. The monoisotopic (exact) mass is 380 g/mol. The number of rotatable bonds is 5. The van der Waals surface area contributed by atoms with E-state index in [0.29, 0.717) is 25.4 Å². The molecule has 0 atom stereocenters. The molecule has 0 aliphatic heterocycles. The summed E-state index contributed by atoms with van der Waals surface area (Å²) in [4.78, 5) is 30.6. The van der Waals surface area contributed by atoms with Crippen LogP contribution < -0.4 is 5.32 Å². The van der Waals surface area contributed by atoms with Crippen molar-refractivity contribution < 1.29 is 9.72 Å². The van der Waals surface area contributed by atoms with Crippen molar-refractivity contribution in [1.29, 1.82) is 0 Å². The molecule has 0 spiro atoms. The van der Waals surface area contributed by atoms with Crippen LogP contribution in [0.3, 0.4) is 0 Å². The molecule has 0 fully saturated rings. The van der Waals surface area contributed by atoms with Crippen LogP contribution in [0.2, 0.25) is 5.02 Å². The fourth-order valence-corrected chi connectivity index (χ4v) is 3.84. The molecule has 10 heteroatoms. The van der Waals surface area contributed by atoms with E-state index < -0.39 is 4.92 Å². The molecule has 0 aliphatic rings. The summed E-state index contributed by atoms with van der Waals surface area (Å²) in [5, 5.41) is 13.9. The first kappa shape index (κ1) is 16.6. The molecule has 0 saturated heterocycles. The SMILES string of the molecule is O=C(CSc1nc2ccc([N+](=O)[O-])cc2s1)Nc1ccc(Cl)cn1. The Kier molecular flexibility index (Phi) is 4.93. The number of nitro groups is 1. The van der Waals surface area contributed by atoms with Crippen LogP contribution in [-0.4, -0.2) is 26.6 Å². The number of thioether (sulfide) groups is 1. The predicted molar refractivity (Wildman–Crippen MR) is 94.9 cm³/mol. The zero-order valence-electron chi connectivity index (χ0n) is 11.9. The summed E-state index contributed by atoms with van der Waals surface area (Å²) in [5.41, 5.74) is 0.696. The Morgan fingerprint density at radius 1 is 1.38 bits per heavy atom. The van der Waals surface area contributed by atoms with E-state index in [4.69, 9.17) is 11.6 Å². The van der Waals surface area contributed by atoms with Gasteiger partial charge in [-0.2, -0.15) is 0 Å². The lowest BCUT2D eigenvalue weighted by Crippen LogP contribution is -2.14. The highest BCUT2D eigenvalue weighted by molar-refractivity contribution is 8.01. The number of benzene rings is 1. The molecule has 7 nitrogen and oxygen atoms in total. The van der Waals surface area contributed by atoms with Crippen LogP contribution in [-0.2, 0) is 4.79 Å². The summed E-state index contributed by atoms with van der Waals surface area (Å²) < 4.78 is 1.39. The number of amides is 1. The topological polar surface area (TPSA) is 98.0 Å². The van der Waals surface area contributed by atoms with Crippen molar-refractivity contribution in [2.24, 2.45) is 0 Å². The summed E-state index contributed by atoms with van der Waals surface area (Å²) in [5.74, 6) is 0.358. The molecule has 0 saturated carbocycles. The first-order chi connectivity index (χ1) is 11.5. The number of non-ortho nitro benzene ring substituents is 1. The van der Waals surface area contributed by atoms with Gasteiger partial charge < -0.3 is 5.32 Å². The summed E-state index contributed by atoms with van der Waals surface area (Å²) in [7, 11) is 0. The lowest BCUT2D eigenvalue weighted by atomic mass is 10.3. The van der Waals surface area contributed by atoms with E-state index in [1.54, 1.807) is 18.2 Å². The Morgan fingerprint density at radius 3 is 2.92 bits per heavy atom. The molecule has 1 amide bonds. The zero-order chi connectivity index (χ0) is 17.1. The summed E-state index contributed by atoms with van der Waals surface area (Å²) in [6.07, 6.45) is 1.45. The maximum Gasteiger partial charge on any atom is 0.270 e. The molecule has 2 aromatic heterocycles. The maximum absolute atomic E-state index is 11.9. The standard InChI is InChI=1S/C14H9ClN4O3S2/c15-8-1-4-12(16-6-8)18-13(20)7-23-14-17-10-3-2-9(19(21)22)5-11(10)24-14/h1-6H,7H2,(H,16,18,20). The van der Waals surface area contributed by atoms with Gasteiger partial charge in [-0.1, -0.05) is 23.4 Å². The lowest BCUT2D eigenvalue weighted by molar-refractivity contribution is -0.384. The van der Waals surface area contributed by atoms with Crippen LogP contribution in [0.5, 0.6) is 0 Å². The number of thiazole rings is 1. The van der Waals surface area contributed by atoms with Crippen molar-refractivity contribution >= 4 is 62.3 Å². The second-order valence-electron chi connectivity index (χ2n) is 4.59. The normalized spacial score (nSPS) is 10.7. The third-order valence-electron chi connectivity index (χ3n) is 2.88. The van der Waals surface area contributed by atoms with Crippen molar-refractivity contribution in [3.63, 3.8) is 0 Å². The van der Waals surface area contributed by atoms with E-state index in [1.165, 1.54) is 41.4 Å². The number of carbonyl (C=O) groups excluding carboxylic acids is 1. The number of halogens is 1. The maximum atomic E-state index is 11.9. The molecule has 2 heterocycles. The Bertz CT molecular complexity index is 914. The van der Waals surface area contributed by atoms with E-state index in [0.717, 1.165) is 0 Å². The quantitative estimate of drug-likeness (QED) is 0.408. The second-order valence-corrected chi connectivity index (χ2v) is 7.28. The van der Waals surface area contributed by atoms with Gasteiger partial charge in [-0.05, 0) is 18.2 Å². The second kappa shape index (κ2) is 7.12. The smallest absolute Gasteiger partial charge is 0.270 e. The molecule has 3 aromatic rings. The molecule has 1 N–H and O–H groups in total. The largest absolute Gasteiger partial charge is 0.310 e. The van der Waals surface area contributed by atoms with Gasteiger partial charge in [0.1, 0.15) is 5.82 Å². The first-order valence-electron chi connectivity index (χ1n) is 6.60. The van der Waals surface area contributed by atoms with Gasteiger partial charge in [0, 0.05) is 18.3 Å². The zero-order valence-corrected chi connectivity index (χ0v) is 14.3. The van der Waals surface area contributed by atoms with E-state index in [1.807, 2.05) is 0 Å². The minimum absolute atomic E-state index is 0.0225. The van der Waals surface area contributed by atoms with Gasteiger partial charge in [0.05, 0.1) is 25.9 Å². The summed E-state index contributed by atoms with van der Waals surface area (Å²) in [6.45, 7) is 0. The van der Waals surface area contributed by atoms with Crippen LogP contribution >= 0.6 is 34.7 Å². The van der Waals surface area contributed by atoms with Crippen molar-refractivity contribution in [1.82, 2.24) is 9.97 Å². The Hall–Kier alpha value is -2.23. The summed E-state index contributed by atoms with van der Waals surface area (Å²) in [6, 6.07) is 7.75. The number of anilines is 1. The molecule has 0 bridgehead atoms. The van der Waals surface area contributed by atoms with Crippen molar-refractivity contribution in [2.45, 2.75) is 4.34 Å². The Morgan fingerprint density at radius 2 is 2.21 bits per heavy atom. The molecule has 3 rings (SSSR count). The molecule has 0 aliphatic carbocycles. The minimum atomic E-state index is -0.446. The molecular weight excluding hydrogens is 372 g/mol. The van der Waals surface area contributed by atoms with Gasteiger partial charge in [-0.15, -0.1) is 11.3 Å². The van der Waals surface area contributed by atoms with Crippen LogP contribution in [0.1, 0.15) is 0 Å². The minimum Gasteiger partial charge on any atom is -0.310 e. The van der Waals surface area contributed by atoms with Gasteiger partial charge in [-0.25, -0.2) is 9.97 Å². The highest BCUT2D eigenvalue weighted by Gasteiger charge is 2.12. The van der Waals surface area contributed by atoms with E-state index in [9.17, 15) is 14.9 Å². The van der Waals surface area contributed by atoms with Gasteiger partial charge >= 0.3 is 0 Å². The molecule has 0 radical (unpaired) electrons. The van der Waals surface area contributed by atoms with Crippen LogP contribution in [0.25, 0.3) is 10.2 Å². The van der Waals surface area contributed by atoms with Crippen molar-refractivity contribution in [3.8, 4) is 0 Å². The van der Waals surface area contributed by atoms with Crippen LogP contribution in [0.15, 0.2) is 40.9 Å². The molecule has 1 aromatic carbocycles. The number of nitrogens with zero attached hydrogens (tertiary/aromatic N) is 3. The summed E-state index contributed by atoms with van der Waals surface area (Å²) >= 11 is 8.31. The van der Waals surface area contributed by atoms with Crippen molar-refractivity contribution in [2.75, 3.05) is 11.1 Å². The number of carbonyl (C=O) groups is 1. The van der Waals surface area contributed by atoms with E-state index in [-0.39, 0.29) is 17.3 Å². The Labute approximate surface area is 149 Å². The molecular formula is C14H9ClN4O3S2. The first-order valence-corrected chi connectivity index (χ1v) is 8.78. The average molecular weight is 381 g/mol. The highest BCUT2D eigenvalue weighted by atomic mass is 35.5. The van der Waals surface area contributed by atoms with E-state index in [2.05, 4.69) is 15.3 Å². The van der Waals surface area contributed by atoms with Gasteiger partial charge in [-0.3, -0.25) is 14.9 Å². The number of aromatic nitrogens is 2. The molecule has 24 heavy (non-hydrogen) atoms. The highest BCUT2D eigenvalue weighted by Crippen LogP contribution is 2.31. The fraction of sp³-hybridized carbons (Fsp3) is 0.0714. The number of hydrogen-bond acceptors (Lipinski definition) is 7. The van der Waals surface area contributed by atoms with Crippen LogP contribution in [0, 0.1) is 10.1 Å². The van der Waals surface area contributed by atoms with Gasteiger partial charge in [0.25, 0.3) is 5.69 Å². The number of fused-ring (bicyclic) bond motifs is 1. The van der Waals surface area contributed by atoms with Crippen LogP contribution in [0.4, 0.5) is 11.5 Å². The predicted octanol–water partition coefficient (Wildman–Crippen LogP) is 3.98. The van der Waals surface area contributed by atoms with Crippen molar-refractivity contribution in [3.05, 3.63) is 51.7 Å². The van der Waals surface area contributed by atoms with Gasteiger partial charge in [0.15, 0.2) is 4.34 Å². The number of nitrogens with one attached hydrogen (secondary N) is 1. The average Bonchev–Trinajstić information content (AvgIpc) is 2.97. The molecule has 122 valence electrons. The Balaban J connectivity index is 1.63. The third kappa shape index (κ3) is 3.99. The van der Waals surface area contributed by atoms with Gasteiger partial charge in [0.2, 0.25) is 5.91 Å². The molecule has 0 unspecified atom stereocenters. The number of pyridine rings is 1. The third-order valence-corrected chi connectivity index (χ3v) is 5.27. The lowest BCUT2D eigenvalue weighted by Gasteiger charge is -2.02. The number of hydrogen-bond donors (Lipinski definition) is 1. The van der Waals surface area contributed by atoms with E-state index >= 15 is 0 Å². The number of nitro benzene ring substituents is 1.